The van der Waals surface area contributed by atoms with Crippen LogP contribution >= 0.6 is 0 Å². The Morgan fingerprint density at radius 1 is 1.13 bits per heavy atom. The Bertz CT molecular complexity index is 1060. The number of methoxy groups -OCH3 is 1. The molecule has 0 saturated heterocycles. The summed E-state index contributed by atoms with van der Waals surface area (Å²) in [6.45, 7) is 5.90. The average Bonchev–Trinajstić information content (AvgIpc) is 3.24. The molecule has 31 heavy (non-hydrogen) atoms. The molecule has 0 aromatic carbocycles. The van der Waals surface area contributed by atoms with Crippen molar-refractivity contribution >= 4 is 17.8 Å². The fourth-order valence-electron chi connectivity index (χ4n) is 2.45. The van der Waals surface area contributed by atoms with E-state index in [1.807, 2.05) is 17.8 Å². The number of anilines is 1. The predicted molar refractivity (Wildman–Crippen MR) is 114 cm³/mol. The number of carbonyl (C=O) groups excluding carboxylic acids is 2. The molecule has 10 nitrogen and oxygen atoms in total. The van der Waals surface area contributed by atoms with E-state index in [0.29, 0.717) is 11.5 Å². The summed E-state index contributed by atoms with van der Waals surface area (Å²) in [7, 11) is 1.39. The molecule has 0 aliphatic rings. The lowest BCUT2D eigenvalue weighted by Crippen LogP contribution is -2.47. The van der Waals surface area contributed by atoms with E-state index in [4.69, 9.17) is 9.47 Å². The normalized spacial score (nSPS) is 11.1. The molecule has 3 aromatic rings. The summed E-state index contributed by atoms with van der Waals surface area (Å²) < 4.78 is 12.7. The third-order valence-corrected chi connectivity index (χ3v) is 4.48. The second-order valence-corrected chi connectivity index (χ2v) is 7.07. The number of aryl methyl sites for hydroxylation is 1. The number of hydrogen-bond acceptors (Lipinski definition) is 7. The standard InChI is InChI=1S/C21H24N6O4/c1-5-27-13-14(11-24-27)17-10-15(8-9-22-17)31-16-6-7-18(23-12-16)25-20(29)26-19(28)21(2,3)30-4/h6-13H,5H2,1-4H3,(H2,23,25,26,28,29). The molecule has 3 rings (SSSR count). The summed E-state index contributed by atoms with van der Waals surface area (Å²) in [6, 6.07) is 6.05. The molecule has 0 bridgehead atoms. The van der Waals surface area contributed by atoms with Crippen LogP contribution < -0.4 is 15.4 Å². The molecule has 0 atom stereocenters. The Morgan fingerprint density at radius 3 is 2.58 bits per heavy atom. The zero-order valence-corrected chi connectivity index (χ0v) is 17.7. The number of urea groups is 1. The Morgan fingerprint density at radius 2 is 1.94 bits per heavy atom. The molecule has 0 radical (unpaired) electrons. The van der Waals surface area contributed by atoms with Crippen molar-refractivity contribution in [2.75, 3.05) is 12.4 Å². The number of pyridine rings is 2. The molecule has 0 spiro atoms. The van der Waals surface area contributed by atoms with Gasteiger partial charge in [-0.05, 0) is 39.0 Å². The van der Waals surface area contributed by atoms with Gasteiger partial charge in [0.05, 0.1) is 18.1 Å². The van der Waals surface area contributed by atoms with Crippen LogP contribution in [0.2, 0.25) is 0 Å². The minimum atomic E-state index is -1.12. The molecule has 0 aliphatic carbocycles. The van der Waals surface area contributed by atoms with Gasteiger partial charge in [0.1, 0.15) is 22.9 Å². The van der Waals surface area contributed by atoms with E-state index in [1.54, 1.807) is 50.5 Å². The van der Waals surface area contributed by atoms with Gasteiger partial charge in [0, 0.05) is 37.7 Å². The lowest BCUT2D eigenvalue weighted by Gasteiger charge is -2.20. The van der Waals surface area contributed by atoms with Gasteiger partial charge in [0.25, 0.3) is 5.91 Å². The lowest BCUT2D eigenvalue weighted by molar-refractivity contribution is -0.138. The van der Waals surface area contributed by atoms with Crippen molar-refractivity contribution in [1.82, 2.24) is 25.1 Å². The van der Waals surface area contributed by atoms with Gasteiger partial charge in [0.15, 0.2) is 0 Å². The van der Waals surface area contributed by atoms with Gasteiger partial charge in [0.2, 0.25) is 0 Å². The molecule has 3 amide bonds. The monoisotopic (exact) mass is 424 g/mol. The van der Waals surface area contributed by atoms with Gasteiger partial charge < -0.3 is 9.47 Å². The van der Waals surface area contributed by atoms with E-state index < -0.39 is 17.5 Å². The zero-order chi connectivity index (χ0) is 22.4. The summed E-state index contributed by atoms with van der Waals surface area (Å²) in [6.07, 6.45) is 6.78. The molecule has 0 aliphatic heterocycles. The van der Waals surface area contributed by atoms with Crippen LogP contribution in [0.15, 0.2) is 49.1 Å². The molecule has 0 saturated carbocycles. The van der Waals surface area contributed by atoms with Crippen molar-refractivity contribution in [3.05, 3.63) is 49.1 Å². The first kappa shape index (κ1) is 21.9. The van der Waals surface area contributed by atoms with Crippen LogP contribution in [0, 0.1) is 0 Å². The molecule has 0 unspecified atom stereocenters. The Kier molecular flexibility index (Phi) is 6.61. The van der Waals surface area contributed by atoms with Gasteiger partial charge in [-0.25, -0.2) is 9.78 Å². The van der Waals surface area contributed by atoms with Crippen molar-refractivity contribution in [2.45, 2.75) is 32.9 Å². The molecule has 2 N–H and O–H groups in total. The van der Waals surface area contributed by atoms with Gasteiger partial charge in [-0.15, -0.1) is 0 Å². The van der Waals surface area contributed by atoms with Gasteiger partial charge >= 0.3 is 6.03 Å². The van der Waals surface area contributed by atoms with E-state index in [2.05, 4.69) is 25.7 Å². The first-order chi connectivity index (χ1) is 14.8. The minimum absolute atomic E-state index is 0.260. The maximum Gasteiger partial charge on any atom is 0.327 e. The number of aromatic nitrogens is 4. The van der Waals surface area contributed by atoms with Crippen LogP contribution in [-0.2, 0) is 16.1 Å². The van der Waals surface area contributed by atoms with E-state index >= 15 is 0 Å². The summed E-state index contributed by atoms with van der Waals surface area (Å²) >= 11 is 0. The largest absolute Gasteiger partial charge is 0.456 e. The topological polar surface area (TPSA) is 120 Å². The summed E-state index contributed by atoms with van der Waals surface area (Å²) in [4.78, 5) is 32.4. The third kappa shape index (κ3) is 5.64. The van der Waals surface area contributed by atoms with Crippen LogP contribution in [0.1, 0.15) is 20.8 Å². The summed E-state index contributed by atoms with van der Waals surface area (Å²) in [5.74, 6) is 0.756. The maximum absolute atomic E-state index is 12.0. The highest BCUT2D eigenvalue weighted by Gasteiger charge is 2.28. The minimum Gasteiger partial charge on any atom is -0.456 e. The molecular formula is C21H24N6O4. The van der Waals surface area contributed by atoms with Gasteiger partial charge in [-0.2, -0.15) is 5.10 Å². The number of rotatable bonds is 7. The summed E-state index contributed by atoms with van der Waals surface area (Å²) in [5, 5.41) is 8.94. The highest BCUT2D eigenvalue weighted by Crippen LogP contribution is 2.25. The van der Waals surface area contributed by atoms with Crippen LogP contribution in [0.5, 0.6) is 11.5 Å². The van der Waals surface area contributed by atoms with E-state index in [0.717, 1.165) is 17.8 Å². The number of nitrogens with zero attached hydrogens (tertiary/aromatic N) is 4. The van der Waals surface area contributed by atoms with Crippen molar-refractivity contribution < 1.29 is 19.1 Å². The average molecular weight is 424 g/mol. The Balaban J connectivity index is 1.61. The molecular weight excluding hydrogens is 400 g/mol. The number of imide groups is 1. The lowest BCUT2D eigenvalue weighted by atomic mass is 10.1. The molecule has 0 fully saturated rings. The smallest absolute Gasteiger partial charge is 0.327 e. The van der Waals surface area contributed by atoms with Crippen molar-refractivity contribution in [3.63, 3.8) is 0 Å². The first-order valence-electron chi connectivity index (χ1n) is 9.61. The fraction of sp³-hybridized carbons (Fsp3) is 0.286. The molecule has 162 valence electrons. The van der Waals surface area contributed by atoms with Crippen LogP contribution in [-0.4, -0.2) is 44.4 Å². The second kappa shape index (κ2) is 9.35. The van der Waals surface area contributed by atoms with Crippen LogP contribution in [0.3, 0.4) is 0 Å². The molecule has 3 aromatic heterocycles. The number of hydrogen-bond donors (Lipinski definition) is 2. The SMILES string of the molecule is CCn1cc(-c2cc(Oc3ccc(NC(=O)NC(=O)C(C)(C)OC)nc3)ccn2)cn1. The maximum atomic E-state index is 12.0. The molecule has 10 heteroatoms. The van der Waals surface area contributed by atoms with Crippen molar-refractivity contribution in [3.8, 4) is 22.8 Å². The first-order valence-corrected chi connectivity index (χ1v) is 9.61. The number of amides is 3. The van der Waals surface area contributed by atoms with Gasteiger partial charge in [-0.1, -0.05) is 0 Å². The number of ether oxygens (including phenoxy) is 2. The Hall–Kier alpha value is -3.79. The fourth-order valence-corrected chi connectivity index (χ4v) is 2.45. The molecule has 3 heterocycles. The highest BCUT2D eigenvalue weighted by atomic mass is 16.5. The quantitative estimate of drug-likeness (QED) is 0.597. The zero-order valence-electron chi connectivity index (χ0n) is 17.7. The Labute approximate surface area is 179 Å². The van der Waals surface area contributed by atoms with E-state index in [9.17, 15) is 9.59 Å². The van der Waals surface area contributed by atoms with Crippen LogP contribution in [0.25, 0.3) is 11.3 Å². The second-order valence-electron chi connectivity index (χ2n) is 7.07. The van der Waals surface area contributed by atoms with E-state index in [1.165, 1.54) is 13.3 Å². The van der Waals surface area contributed by atoms with Crippen molar-refractivity contribution in [1.29, 1.82) is 0 Å². The van der Waals surface area contributed by atoms with Crippen LogP contribution in [0.4, 0.5) is 10.6 Å². The van der Waals surface area contributed by atoms with Crippen molar-refractivity contribution in [2.24, 2.45) is 0 Å². The third-order valence-electron chi connectivity index (χ3n) is 4.48. The number of nitrogens with one attached hydrogen (secondary N) is 2. The van der Waals surface area contributed by atoms with Gasteiger partial charge in [-0.3, -0.25) is 25.1 Å². The predicted octanol–water partition coefficient (Wildman–Crippen LogP) is 3.23. The number of carbonyl (C=O) groups is 2. The highest BCUT2D eigenvalue weighted by molar-refractivity contribution is 6.03. The summed E-state index contributed by atoms with van der Waals surface area (Å²) in [5.41, 5.74) is 0.507. The van der Waals surface area contributed by atoms with E-state index in [-0.39, 0.29) is 5.82 Å².